The van der Waals surface area contributed by atoms with Crippen LogP contribution in [0.25, 0.3) is 0 Å². The molecule has 0 aromatic carbocycles. The van der Waals surface area contributed by atoms with Crippen LogP contribution in [0.2, 0.25) is 0 Å². The molecule has 3 aliphatic heterocycles. The number of unbranched alkanes of at least 4 members (excludes halogenated alkanes) is 22. The van der Waals surface area contributed by atoms with E-state index in [0.29, 0.717) is 6.42 Å². The molecule has 3 rings (SSSR count). The van der Waals surface area contributed by atoms with Crippen LogP contribution in [0, 0.1) is 0 Å². The Morgan fingerprint density at radius 2 is 0.868 bits per heavy atom. The van der Waals surface area contributed by atoms with E-state index >= 15 is 0 Å². The van der Waals surface area contributed by atoms with Gasteiger partial charge in [0.1, 0.15) is 73.2 Å². The molecule has 1 amide bonds. The van der Waals surface area contributed by atoms with Crippen LogP contribution < -0.4 is 5.32 Å². The maximum absolute atomic E-state index is 13.2. The smallest absolute Gasteiger partial charge is 0.220 e. The second kappa shape index (κ2) is 41.1. The minimum atomic E-state index is -1.98. The summed E-state index contributed by atoms with van der Waals surface area (Å²) in [6.07, 6.45) is 16.2. The summed E-state index contributed by atoms with van der Waals surface area (Å²) in [4.78, 5) is 13.2. The van der Waals surface area contributed by atoms with E-state index in [-0.39, 0.29) is 18.9 Å². The summed E-state index contributed by atoms with van der Waals surface area (Å²) >= 11 is 0. The van der Waals surface area contributed by atoms with Gasteiger partial charge >= 0.3 is 0 Å². The minimum Gasteiger partial charge on any atom is -0.394 e. The molecule has 17 unspecified atom stereocenters. The number of aliphatic hydroxyl groups is 11. The molecular formula is C57H103NO18. The van der Waals surface area contributed by atoms with Crippen molar-refractivity contribution in [2.24, 2.45) is 0 Å². The van der Waals surface area contributed by atoms with Gasteiger partial charge in [0.2, 0.25) is 5.91 Å². The van der Waals surface area contributed by atoms with Gasteiger partial charge in [0.15, 0.2) is 18.9 Å². The summed E-state index contributed by atoms with van der Waals surface area (Å²) in [5, 5.41) is 119. The average molecular weight is 1090 g/mol. The number of amides is 1. The van der Waals surface area contributed by atoms with Crippen molar-refractivity contribution in [1.29, 1.82) is 0 Å². The number of nitrogens with one attached hydrogen (secondary N) is 1. The van der Waals surface area contributed by atoms with Crippen LogP contribution in [0.3, 0.4) is 0 Å². The summed E-state index contributed by atoms with van der Waals surface area (Å²) in [5.41, 5.74) is 0. The van der Waals surface area contributed by atoms with Gasteiger partial charge in [-0.25, -0.2) is 0 Å². The van der Waals surface area contributed by atoms with Gasteiger partial charge in [-0.2, -0.15) is 0 Å². The molecule has 3 fully saturated rings. The molecule has 0 radical (unpaired) electrons. The molecule has 0 aromatic heterocycles. The molecule has 3 saturated heterocycles. The first-order valence-electron chi connectivity index (χ1n) is 29.2. The molecule has 3 heterocycles. The van der Waals surface area contributed by atoms with Crippen molar-refractivity contribution in [2.75, 3.05) is 26.4 Å². The SMILES string of the molecule is CCCCCC/C=C/C(O)C(COC1OC(CO)C(OC2OC(CO)C(OC3OC(CO)C(O)C(O)C3O)C(O)C2O)C(O)C1O)NC(=O)CCCCCCCCCCCCCCC/C=C\C/C=C\CCCCCCC. The summed E-state index contributed by atoms with van der Waals surface area (Å²) in [6, 6.07) is -0.969. The Hall–Kier alpha value is -1.99. The Morgan fingerprint density at radius 3 is 1.36 bits per heavy atom. The standard InChI is InChI=1S/C57H103NO18/c1-3-5-7-9-11-12-13-14-15-16-17-18-19-20-21-22-23-24-25-26-27-28-29-31-33-35-45(63)58-40(41(62)34-32-30-10-8-6-4-2)39-71-55-51(69)48(66)53(43(37-60)73-55)76-57-52(70)49(67)54(44(38-61)74-57)75-56-50(68)47(65)46(64)42(36-59)72-56/h13-14,16-17,32,34,40-44,46-57,59-62,64-70H,3-12,15,18-31,33,35-39H2,1-2H3,(H,58,63)/b14-13-,17-16-,34-32+. The lowest BCUT2D eigenvalue weighted by Crippen LogP contribution is -2.66. The van der Waals surface area contributed by atoms with Crippen molar-refractivity contribution in [1.82, 2.24) is 5.32 Å². The summed E-state index contributed by atoms with van der Waals surface area (Å²) in [5.74, 6) is -0.283. The van der Waals surface area contributed by atoms with Crippen LogP contribution in [0.1, 0.15) is 187 Å². The molecule has 17 atom stereocenters. The number of hydrogen-bond donors (Lipinski definition) is 12. The Morgan fingerprint density at radius 1 is 0.474 bits per heavy atom. The maximum Gasteiger partial charge on any atom is 0.220 e. The molecule has 3 aliphatic rings. The fraction of sp³-hybridized carbons (Fsp3) is 0.877. The zero-order valence-electron chi connectivity index (χ0n) is 46.0. The largest absolute Gasteiger partial charge is 0.394 e. The number of rotatable bonds is 42. The first kappa shape index (κ1) is 68.3. The third-order valence-corrected chi connectivity index (χ3v) is 14.7. The predicted molar refractivity (Wildman–Crippen MR) is 286 cm³/mol. The molecule has 0 bridgehead atoms. The molecule has 19 nitrogen and oxygen atoms in total. The highest BCUT2D eigenvalue weighted by molar-refractivity contribution is 5.76. The predicted octanol–water partition coefficient (Wildman–Crippen LogP) is 4.54. The van der Waals surface area contributed by atoms with Crippen molar-refractivity contribution in [3.63, 3.8) is 0 Å². The Bertz CT molecular complexity index is 1540. The normalized spacial score (nSPS) is 31.2. The monoisotopic (exact) mass is 1090 g/mol. The Balaban J connectivity index is 1.39. The van der Waals surface area contributed by atoms with Crippen molar-refractivity contribution in [3.8, 4) is 0 Å². The van der Waals surface area contributed by atoms with Crippen molar-refractivity contribution in [3.05, 3.63) is 36.5 Å². The zero-order valence-corrected chi connectivity index (χ0v) is 46.0. The van der Waals surface area contributed by atoms with E-state index in [1.54, 1.807) is 6.08 Å². The number of carbonyl (C=O) groups is 1. The molecule has 444 valence electrons. The van der Waals surface area contributed by atoms with Crippen LogP contribution in [0.5, 0.6) is 0 Å². The number of hydrogen-bond acceptors (Lipinski definition) is 18. The second-order valence-electron chi connectivity index (χ2n) is 21.1. The van der Waals surface area contributed by atoms with E-state index in [1.807, 2.05) is 6.08 Å². The number of carbonyl (C=O) groups excluding carboxylic acids is 1. The van der Waals surface area contributed by atoms with Gasteiger partial charge in [-0.15, -0.1) is 0 Å². The third-order valence-electron chi connectivity index (χ3n) is 14.7. The van der Waals surface area contributed by atoms with E-state index < -0.39 is 124 Å². The summed E-state index contributed by atoms with van der Waals surface area (Å²) in [7, 11) is 0. The molecule has 0 spiro atoms. The van der Waals surface area contributed by atoms with Gasteiger partial charge in [0.25, 0.3) is 0 Å². The van der Waals surface area contributed by atoms with Crippen molar-refractivity contribution < 1.29 is 89.4 Å². The highest BCUT2D eigenvalue weighted by Gasteiger charge is 2.53. The molecule has 0 aromatic rings. The molecule has 0 aliphatic carbocycles. The fourth-order valence-electron chi connectivity index (χ4n) is 9.81. The highest BCUT2D eigenvalue weighted by atomic mass is 16.8. The Labute approximate surface area is 453 Å². The van der Waals surface area contributed by atoms with E-state index in [0.717, 1.165) is 57.8 Å². The Kier molecular flexibility index (Phi) is 36.9. The van der Waals surface area contributed by atoms with Gasteiger partial charge in [0, 0.05) is 6.42 Å². The number of ether oxygens (including phenoxy) is 6. The second-order valence-corrected chi connectivity index (χ2v) is 21.1. The van der Waals surface area contributed by atoms with Crippen LogP contribution in [-0.4, -0.2) is 193 Å². The average Bonchev–Trinajstić information content (AvgIpc) is 3.42. The van der Waals surface area contributed by atoms with Crippen molar-refractivity contribution >= 4 is 5.91 Å². The van der Waals surface area contributed by atoms with Gasteiger partial charge < -0.3 is 89.9 Å². The first-order valence-corrected chi connectivity index (χ1v) is 29.2. The molecule has 19 heteroatoms. The van der Waals surface area contributed by atoms with Gasteiger partial charge in [-0.05, 0) is 51.4 Å². The van der Waals surface area contributed by atoms with Gasteiger partial charge in [0.05, 0.1) is 38.6 Å². The summed E-state index contributed by atoms with van der Waals surface area (Å²) in [6.45, 7) is 1.60. The van der Waals surface area contributed by atoms with Gasteiger partial charge in [-0.1, -0.05) is 166 Å². The van der Waals surface area contributed by atoms with Gasteiger partial charge in [-0.3, -0.25) is 4.79 Å². The maximum atomic E-state index is 13.2. The van der Waals surface area contributed by atoms with E-state index in [4.69, 9.17) is 28.4 Å². The van der Waals surface area contributed by atoms with Crippen LogP contribution in [-0.2, 0) is 33.2 Å². The fourth-order valence-corrected chi connectivity index (χ4v) is 9.81. The lowest BCUT2D eigenvalue weighted by atomic mass is 9.96. The molecule has 12 N–H and O–H groups in total. The molecule has 0 saturated carbocycles. The number of aliphatic hydroxyl groups excluding tert-OH is 11. The molecular weight excluding hydrogens is 987 g/mol. The molecule has 76 heavy (non-hydrogen) atoms. The van der Waals surface area contributed by atoms with Crippen LogP contribution in [0.15, 0.2) is 36.5 Å². The minimum absolute atomic E-state index is 0.241. The van der Waals surface area contributed by atoms with E-state index in [1.165, 1.54) is 103 Å². The topological polar surface area (TPSA) is 307 Å². The first-order chi connectivity index (χ1) is 36.8. The van der Waals surface area contributed by atoms with Crippen LogP contribution in [0.4, 0.5) is 0 Å². The summed E-state index contributed by atoms with van der Waals surface area (Å²) < 4.78 is 34.1. The van der Waals surface area contributed by atoms with Crippen LogP contribution >= 0.6 is 0 Å². The lowest BCUT2D eigenvalue weighted by Gasteiger charge is -2.48. The lowest BCUT2D eigenvalue weighted by molar-refractivity contribution is -0.379. The zero-order chi connectivity index (χ0) is 55.5. The highest BCUT2D eigenvalue weighted by Crippen LogP contribution is 2.33. The third kappa shape index (κ3) is 25.2. The van der Waals surface area contributed by atoms with E-state index in [9.17, 15) is 61.0 Å². The quantitative estimate of drug-likeness (QED) is 0.0295. The van der Waals surface area contributed by atoms with E-state index in [2.05, 4.69) is 43.5 Å². The number of allylic oxidation sites excluding steroid dienone is 5. The van der Waals surface area contributed by atoms with Crippen molar-refractivity contribution in [2.45, 2.75) is 291 Å².